The predicted molar refractivity (Wildman–Crippen MR) is 52.6 cm³/mol. The van der Waals surface area contributed by atoms with Crippen LogP contribution < -0.4 is 0 Å². The third-order valence-electron chi connectivity index (χ3n) is 3.11. The van der Waals surface area contributed by atoms with Gasteiger partial charge < -0.3 is 4.74 Å². The maximum Gasteiger partial charge on any atom is 0.309 e. The normalized spacial score (nSPS) is 29.6. The fourth-order valence-electron chi connectivity index (χ4n) is 2.15. The number of methoxy groups -OCH3 is 1. The van der Waals surface area contributed by atoms with Crippen molar-refractivity contribution in [3.63, 3.8) is 0 Å². The molecule has 1 aliphatic carbocycles. The topological polar surface area (TPSA) is 43.4 Å². The smallest absolute Gasteiger partial charge is 0.309 e. The Bertz CT molecular complexity index is 289. The van der Waals surface area contributed by atoms with Gasteiger partial charge in [0.15, 0.2) is 0 Å². The lowest BCUT2D eigenvalue weighted by molar-refractivity contribution is -0.143. The molecule has 0 aliphatic heterocycles. The molecule has 0 N–H and O–H groups in total. The van der Waals surface area contributed by atoms with E-state index in [9.17, 15) is 9.59 Å². The summed E-state index contributed by atoms with van der Waals surface area (Å²) in [5, 5.41) is 0. The standard InChI is InChI=1S/C11H16O3/c1-5-7(6-12)8-9(10(13)14-4)11(8,2)3/h5-6,8-9H,1-4H3/b7-5-. The number of carbonyl (C=O) groups is 2. The molecule has 1 rings (SSSR count). The molecule has 2 unspecified atom stereocenters. The first-order valence-corrected chi connectivity index (χ1v) is 4.69. The fraction of sp³-hybridized carbons (Fsp3) is 0.636. The van der Waals surface area contributed by atoms with Crippen molar-refractivity contribution >= 4 is 12.3 Å². The van der Waals surface area contributed by atoms with Crippen molar-refractivity contribution in [2.45, 2.75) is 20.8 Å². The summed E-state index contributed by atoms with van der Waals surface area (Å²) < 4.78 is 4.70. The first-order chi connectivity index (χ1) is 6.50. The van der Waals surface area contributed by atoms with Gasteiger partial charge in [0.05, 0.1) is 13.0 Å². The lowest BCUT2D eigenvalue weighted by Crippen LogP contribution is -2.07. The molecule has 1 saturated carbocycles. The molecule has 0 spiro atoms. The van der Waals surface area contributed by atoms with Crippen molar-refractivity contribution in [1.29, 1.82) is 0 Å². The van der Waals surface area contributed by atoms with Crippen LogP contribution in [0.4, 0.5) is 0 Å². The first-order valence-electron chi connectivity index (χ1n) is 4.69. The maximum atomic E-state index is 11.4. The summed E-state index contributed by atoms with van der Waals surface area (Å²) in [6, 6.07) is 0. The summed E-state index contributed by atoms with van der Waals surface area (Å²) in [4.78, 5) is 22.1. The Balaban J connectivity index is 2.85. The molecule has 0 bridgehead atoms. The van der Waals surface area contributed by atoms with Crippen molar-refractivity contribution in [3.05, 3.63) is 11.6 Å². The lowest BCUT2D eigenvalue weighted by Gasteiger charge is -2.00. The average Bonchev–Trinajstić information content (AvgIpc) is 2.71. The molecule has 3 heteroatoms. The van der Waals surface area contributed by atoms with Crippen LogP contribution in [0.3, 0.4) is 0 Å². The Labute approximate surface area is 84.1 Å². The van der Waals surface area contributed by atoms with Crippen LogP contribution in [0, 0.1) is 17.3 Å². The molecule has 1 fully saturated rings. The van der Waals surface area contributed by atoms with Gasteiger partial charge in [-0.2, -0.15) is 0 Å². The van der Waals surface area contributed by atoms with Gasteiger partial charge in [0.2, 0.25) is 0 Å². The van der Waals surface area contributed by atoms with Gasteiger partial charge in [0.1, 0.15) is 6.29 Å². The van der Waals surface area contributed by atoms with Crippen molar-refractivity contribution < 1.29 is 14.3 Å². The molecule has 78 valence electrons. The Morgan fingerprint density at radius 1 is 1.36 bits per heavy atom. The molecule has 14 heavy (non-hydrogen) atoms. The van der Waals surface area contributed by atoms with Gasteiger partial charge >= 0.3 is 5.97 Å². The number of rotatable bonds is 3. The Morgan fingerprint density at radius 2 is 1.93 bits per heavy atom. The molecule has 0 radical (unpaired) electrons. The fourth-order valence-corrected chi connectivity index (χ4v) is 2.15. The quantitative estimate of drug-likeness (QED) is 0.391. The van der Waals surface area contributed by atoms with Gasteiger partial charge in [-0.1, -0.05) is 19.9 Å². The maximum absolute atomic E-state index is 11.4. The van der Waals surface area contributed by atoms with E-state index in [-0.39, 0.29) is 23.2 Å². The molecule has 2 atom stereocenters. The first kappa shape index (κ1) is 11.0. The van der Waals surface area contributed by atoms with E-state index in [1.165, 1.54) is 7.11 Å². The Kier molecular flexibility index (Phi) is 2.79. The van der Waals surface area contributed by atoms with Crippen molar-refractivity contribution in [2.75, 3.05) is 7.11 Å². The number of esters is 1. The summed E-state index contributed by atoms with van der Waals surface area (Å²) in [6.45, 7) is 5.77. The molecule has 0 aromatic heterocycles. The average molecular weight is 196 g/mol. The molecule has 0 heterocycles. The second kappa shape index (κ2) is 3.56. The molecular formula is C11H16O3. The highest BCUT2D eigenvalue weighted by molar-refractivity contribution is 5.84. The number of hydrogen-bond donors (Lipinski definition) is 0. The van der Waals surface area contributed by atoms with Gasteiger partial charge in [-0.3, -0.25) is 9.59 Å². The molecule has 0 aromatic rings. The van der Waals surface area contributed by atoms with Crippen LogP contribution in [-0.2, 0) is 14.3 Å². The minimum atomic E-state index is -0.221. The largest absolute Gasteiger partial charge is 0.469 e. The van der Waals surface area contributed by atoms with Gasteiger partial charge in [-0.15, -0.1) is 0 Å². The summed E-state index contributed by atoms with van der Waals surface area (Å²) in [6.07, 6.45) is 2.59. The lowest BCUT2D eigenvalue weighted by atomic mass is 10.0. The van der Waals surface area contributed by atoms with Crippen LogP contribution in [0.15, 0.2) is 11.6 Å². The van der Waals surface area contributed by atoms with Crippen LogP contribution in [0.25, 0.3) is 0 Å². The molecular weight excluding hydrogens is 180 g/mol. The third kappa shape index (κ3) is 1.47. The third-order valence-corrected chi connectivity index (χ3v) is 3.11. The number of allylic oxidation sites excluding steroid dienone is 2. The zero-order valence-electron chi connectivity index (χ0n) is 9.03. The van der Waals surface area contributed by atoms with Crippen LogP contribution in [0.2, 0.25) is 0 Å². The van der Waals surface area contributed by atoms with Gasteiger partial charge in [0, 0.05) is 5.92 Å². The molecule has 0 amide bonds. The SMILES string of the molecule is C/C=C(/C=O)C1C(C(=O)OC)C1(C)C. The van der Waals surface area contributed by atoms with E-state index < -0.39 is 0 Å². The number of hydrogen-bond acceptors (Lipinski definition) is 3. The van der Waals surface area contributed by atoms with Crippen LogP contribution in [0.1, 0.15) is 20.8 Å². The zero-order chi connectivity index (χ0) is 10.9. The van der Waals surface area contributed by atoms with E-state index in [1.807, 2.05) is 20.8 Å². The van der Waals surface area contributed by atoms with E-state index >= 15 is 0 Å². The number of carbonyl (C=O) groups excluding carboxylic acids is 2. The summed E-state index contributed by atoms with van der Waals surface area (Å²) in [5.41, 5.74) is 0.556. The summed E-state index contributed by atoms with van der Waals surface area (Å²) >= 11 is 0. The van der Waals surface area contributed by atoms with E-state index in [1.54, 1.807) is 6.08 Å². The second-order valence-electron chi connectivity index (χ2n) is 4.21. The second-order valence-corrected chi connectivity index (χ2v) is 4.21. The Hall–Kier alpha value is -1.12. The molecule has 0 saturated heterocycles. The van der Waals surface area contributed by atoms with E-state index in [2.05, 4.69) is 0 Å². The van der Waals surface area contributed by atoms with Crippen molar-refractivity contribution in [2.24, 2.45) is 17.3 Å². The highest BCUT2D eigenvalue weighted by Crippen LogP contribution is 2.61. The van der Waals surface area contributed by atoms with Crippen LogP contribution >= 0.6 is 0 Å². The monoisotopic (exact) mass is 196 g/mol. The molecule has 1 aliphatic rings. The Morgan fingerprint density at radius 3 is 2.29 bits per heavy atom. The van der Waals surface area contributed by atoms with E-state index in [4.69, 9.17) is 4.74 Å². The van der Waals surface area contributed by atoms with Crippen molar-refractivity contribution in [3.8, 4) is 0 Å². The van der Waals surface area contributed by atoms with E-state index in [0.717, 1.165) is 6.29 Å². The van der Waals surface area contributed by atoms with Crippen molar-refractivity contribution in [1.82, 2.24) is 0 Å². The van der Waals surface area contributed by atoms with Gasteiger partial charge in [-0.05, 0) is 17.9 Å². The van der Waals surface area contributed by atoms with E-state index in [0.29, 0.717) is 5.57 Å². The van der Waals surface area contributed by atoms with Crippen LogP contribution in [0.5, 0.6) is 0 Å². The zero-order valence-corrected chi connectivity index (χ0v) is 9.03. The minimum absolute atomic E-state index is 0.0254. The highest BCUT2D eigenvalue weighted by Gasteiger charge is 2.63. The molecule has 3 nitrogen and oxygen atoms in total. The summed E-state index contributed by atoms with van der Waals surface area (Å²) in [5.74, 6) is -0.359. The minimum Gasteiger partial charge on any atom is -0.469 e. The summed E-state index contributed by atoms with van der Waals surface area (Å²) in [7, 11) is 1.38. The van der Waals surface area contributed by atoms with Gasteiger partial charge in [0.25, 0.3) is 0 Å². The predicted octanol–water partition coefficient (Wildman–Crippen LogP) is 1.58. The highest BCUT2D eigenvalue weighted by atomic mass is 16.5. The van der Waals surface area contributed by atoms with Gasteiger partial charge in [-0.25, -0.2) is 0 Å². The number of aldehydes is 1. The molecule has 0 aromatic carbocycles. The number of ether oxygens (including phenoxy) is 1. The van der Waals surface area contributed by atoms with Crippen LogP contribution in [-0.4, -0.2) is 19.4 Å².